The molecule has 3 aromatic rings. The molecular formula is C19H16ClN3O4S. The van der Waals surface area contributed by atoms with Crippen molar-refractivity contribution in [2.75, 3.05) is 17.1 Å². The zero-order valence-corrected chi connectivity index (χ0v) is 16.5. The van der Waals surface area contributed by atoms with Crippen LogP contribution in [0, 0.1) is 0 Å². The summed E-state index contributed by atoms with van der Waals surface area (Å²) >= 11 is 5.95. The number of rotatable bonds is 4. The number of anilines is 1. The summed E-state index contributed by atoms with van der Waals surface area (Å²) in [4.78, 5) is 29.5. The molecule has 0 radical (unpaired) electrons. The normalized spacial score (nSPS) is 13.7. The van der Waals surface area contributed by atoms with E-state index < -0.39 is 10.0 Å². The largest absolute Gasteiger partial charge is 0.292 e. The smallest absolute Gasteiger partial charge is 0.261 e. The lowest BCUT2D eigenvalue weighted by Crippen LogP contribution is -2.27. The fourth-order valence-corrected chi connectivity index (χ4v) is 4.51. The van der Waals surface area contributed by atoms with E-state index in [4.69, 9.17) is 11.6 Å². The Balaban J connectivity index is 1.64. The molecule has 144 valence electrons. The van der Waals surface area contributed by atoms with E-state index in [-0.39, 0.29) is 17.9 Å². The molecule has 0 aliphatic carbocycles. The Kier molecular flexibility index (Phi) is 4.47. The third-order valence-corrected chi connectivity index (χ3v) is 6.17. The lowest BCUT2D eigenvalue weighted by Gasteiger charge is -2.16. The van der Waals surface area contributed by atoms with Crippen molar-refractivity contribution in [3.63, 3.8) is 0 Å². The third kappa shape index (κ3) is 3.29. The van der Waals surface area contributed by atoms with Crippen LogP contribution in [0.3, 0.4) is 0 Å². The number of benzene rings is 2. The summed E-state index contributed by atoms with van der Waals surface area (Å²) < 4.78 is 26.2. The first-order chi connectivity index (χ1) is 13.2. The topological polar surface area (TPSA) is 89.3 Å². The maximum absolute atomic E-state index is 12.7. The Morgan fingerprint density at radius 2 is 2.00 bits per heavy atom. The van der Waals surface area contributed by atoms with E-state index in [0.717, 1.165) is 11.8 Å². The Labute approximate surface area is 166 Å². The highest BCUT2D eigenvalue weighted by atomic mass is 35.5. The van der Waals surface area contributed by atoms with Crippen LogP contribution < -0.4 is 9.86 Å². The molecular weight excluding hydrogens is 402 g/mol. The minimum Gasteiger partial charge on any atom is -0.292 e. The molecule has 0 N–H and O–H groups in total. The van der Waals surface area contributed by atoms with Crippen molar-refractivity contribution >= 4 is 44.0 Å². The molecule has 28 heavy (non-hydrogen) atoms. The zero-order chi connectivity index (χ0) is 20.1. The van der Waals surface area contributed by atoms with Crippen LogP contribution >= 0.6 is 11.6 Å². The second-order valence-electron chi connectivity index (χ2n) is 6.69. The average molecular weight is 418 g/mol. The lowest BCUT2D eigenvalue weighted by molar-refractivity contribution is 0.0970. The summed E-state index contributed by atoms with van der Waals surface area (Å²) in [5.41, 5.74) is 1.99. The van der Waals surface area contributed by atoms with Crippen LogP contribution in [0.15, 0.2) is 47.5 Å². The van der Waals surface area contributed by atoms with Gasteiger partial charge >= 0.3 is 0 Å². The first kappa shape index (κ1) is 18.6. The van der Waals surface area contributed by atoms with Gasteiger partial charge in [-0.1, -0.05) is 11.6 Å². The van der Waals surface area contributed by atoms with Crippen molar-refractivity contribution in [2.45, 2.75) is 13.0 Å². The van der Waals surface area contributed by atoms with E-state index in [9.17, 15) is 18.0 Å². The van der Waals surface area contributed by atoms with Crippen molar-refractivity contribution < 1.29 is 13.2 Å². The van der Waals surface area contributed by atoms with Crippen LogP contribution in [-0.4, -0.2) is 36.6 Å². The Bertz CT molecular complexity index is 1280. The summed E-state index contributed by atoms with van der Waals surface area (Å²) in [6.45, 7) is 0.198. The number of carbonyl (C=O) groups is 1. The van der Waals surface area contributed by atoms with Gasteiger partial charge in [0.2, 0.25) is 10.0 Å². The fourth-order valence-electron chi connectivity index (χ4n) is 3.38. The van der Waals surface area contributed by atoms with E-state index in [0.29, 0.717) is 40.1 Å². The molecule has 0 saturated heterocycles. The number of hydrogen-bond acceptors (Lipinski definition) is 5. The minimum atomic E-state index is -3.34. The quantitative estimate of drug-likeness (QED) is 0.607. The summed E-state index contributed by atoms with van der Waals surface area (Å²) in [5.74, 6) is -0.258. The van der Waals surface area contributed by atoms with E-state index in [2.05, 4.69) is 4.98 Å². The highest BCUT2D eigenvalue weighted by molar-refractivity contribution is 7.92. The third-order valence-electron chi connectivity index (χ3n) is 4.75. The fraction of sp³-hybridized carbons (Fsp3) is 0.211. The number of Topliss-reactive ketones (excluding diaryl/α,β-unsaturated/α-hetero) is 1. The standard InChI is InChI=1S/C19H16ClN3O4S/c1-28(26,27)23-7-6-12-8-13(2-5-17(12)23)18(24)10-22-11-21-16-4-3-14(20)9-15(16)19(22)25/h2-5,8-9,11H,6-7,10H2,1H3. The molecule has 1 aliphatic heterocycles. The molecule has 1 aliphatic rings. The van der Waals surface area contributed by atoms with Gasteiger partial charge in [-0.25, -0.2) is 13.4 Å². The van der Waals surface area contributed by atoms with Gasteiger partial charge in [0.25, 0.3) is 5.56 Å². The molecule has 0 unspecified atom stereocenters. The van der Waals surface area contributed by atoms with Crippen LogP contribution in [0.5, 0.6) is 0 Å². The predicted molar refractivity (Wildman–Crippen MR) is 108 cm³/mol. The predicted octanol–water partition coefficient (Wildman–Crippen LogP) is 2.25. The SMILES string of the molecule is CS(=O)(=O)N1CCc2cc(C(=O)Cn3cnc4ccc(Cl)cc4c3=O)ccc21. The number of ketones is 1. The van der Waals surface area contributed by atoms with Gasteiger partial charge < -0.3 is 0 Å². The van der Waals surface area contributed by atoms with Crippen LogP contribution in [0.2, 0.25) is 5.02 Å². The maximum Gasteiger partial charge on any atom is 0.261 e. The summed E-state index contributed by atoms with van der Waals surface area (Å²) in [6.07, 6.45) is 3.04. The molecule has 2 heterocycles. The molecule has 4 rings (SSSR count). The minimum absolute atomic E-state index is 0.164. The zero-order valence-electron chi connectivity index (χ0n) is 14.9. The Morgan fingerprint density at radius 1 is 1.21 bits per heavy atom. The van der Waals surface area contributed by atoms with Crippen molar-refractivity contribution in [3.05, 3.63) is 69.2 Å². The summed E-state index contributed by atoms with van der Waals surface area (Å²) in [7, 11) is -3.34. The molecule has 9 heteroatoms. The second-order valence-corrected chi connectivity index (χ2v) is 9.03. The Morgan fingerprint density at radius 3 is 2.75 bits per heavy atom. The van der Waals surface area contributed by atoms with Crippen molar-refractivity contribution in [1.29, 1.82) is 0 Å². The number of carbonyl (C=O) groups excluding carboxylic acids is 1. The molecule has 1 aromatic heterocycles. The van der Waals surface area contributed by atoms with Crippen molar-refractivity contribution in [3.8, 4) is 0 Å². The van der Waals surface area contributed by atoms with Gasteiger partial charge in [0.1, 0.15) is 0 Å². The molecule has 0 spiro atoms. The van der Waals surface area contributed by atoms with Crippen LogP contribution in [0.25, 0.3) is 10.9 Å². The number of halogens is 1. The van der Waals surface area contributed by atoms with Crippen molar-refractivity contribution in [1.82, 2.24) is 9.55 Å². The Hall–Kier alpha value is -2.71. The second kappa shape index (κ2) is 6.72. The van der Waals surface area contributed by atoms with Gasteiger partial charge in [-0.15, -0.1) is 0 Å². The number of nitrogens with zero attached hydrogens (tertiary/aromatic N) is 3. The molecule has 0 atom stereocenters. The van der Waals surface area contributed by atoms with Gasteiger partial charge in [-0.2, -0.15) is 0 Å². The highest BCUT2D eigenvalue weighted by Gasteiger charge is 2.26. The van der Waals surface area contributed by atoms with Crippen LogP contribution in [0.1, 0.15) is 15.9 Å². The van der Waals surface area contributed by atoms with E-state index in [1.54, 1.807) is 30.3 Å². The highest BCUT2D eigenvalue weighted by Crippen LogP contribution is 2.30. The molecule has 2 aromatic carbocycles. The van der Waals surface area contributed by atoms with Gasteiger partial charge in [-0.3, -0.25) is 18.5 Å². The number of fused-ring (bicyclic) bond motifs is 2. The molecule has 0 fully saturated rings. The van der Waals surface area contributed by atoms with Crippen LogP contribution in [0.4, 0.5) is 5.69 Å². The van der Waals surface area contributed by atoms with Crippen LogP contribution in [-0.2, 0) is 23.0 Å². The monoisotopic (exact) mass is 417 g/mol. The first-order valence-corrected chi connectivity index (χ1v) is 10.8. The number of hydrogen-bond donors (Lipinski definition) is 0. The number of sulfonamides is 1. The molecule has 0 bridgehead atoms. The van der Waals surface area contributed by atoms with E-state index >= 15 is 0 Å². The van der Waals surface area contributed by atoms with E-state index in [1.165, 1.54) is 21.3 Å². The first-order valence-electron chi connectivity index (χ1n) is 8.52. The molecule has 7 nitrogen and oxygen atoms in total. The van der Waals surface area contributed by atoms with Gasteiger partial charge in [-0.05, 0) is 48.4 Å². The van der Waals surface area contributed by atoms with Gasteiger partial charge in [0.15, 0.2) is 5.78 Å². The average Bonchev–Trinajstić information content (AvgIpc) is 3.08. The lowest BCUT2D eigenvalue weighted by atomic mass is 10.1. The summed E-state index contributed by atoms with van der Waals surface area (Å²) in [6, 6.07) is 9.75. The molecule has 0 saturated carbocycles. The van der Waals surface area contributed by atoms with Crippen molar-refractivity contribution in [2.24, 2.45) is 0 Å². The summed E-state index contributed by atoms with van der Waals surface area (Å²) in [5, 5.41) is 0.769. The van der Waals surface area contributed by atoms with E-state index in [1.807, 2.05) is 0 Å². The molecule has 0 amide bonds. The van der Waals surface area contributed by atoms with Gasteiger partial charge in [0, 0.05) is 17.1 Å². The van der Waals surface area contributed by atoms with Gasteiger partial charge in [0.05, 0.1) is 35.7 Å². The number of aromatic nitrogens is 2. The maximum atomic E-state index is 12.7.